The molecule has 3 fully saturated rings. The van der Waals surface area contributed by atoms with E-state index in [1.807, 2.05) is 0 Å². The molecule has 0 amide bonds. The molecule has 5 heteroatoms. The van der Waals surface area contributed by atoms with Crippen LogP contribution in [0.15, 0.2) is 54.6 Å². The summed E-state index contributed by atoms with van der Waals surface area (Å²) in [6.45, 7) is 1.16. The minimum absolute atomic E-state index is 0.200. The van der Waals surface area contributed by atoms with Crippen LogP contribution in [-0.4, -0.2) is 42.2 Å². The molecule has 2 unspecified atom stereocenters. The van der Waals surface area contributed by atoms with Crippen LogP contribution >= 0.6 is 7.49 Å². The van der Waals surface area contributed by atoms with E-state index in [0.29, 0.717) is 11.8 Å². The Morgan fingerprint density at radius 2 is 1.96 bits per heavy atom. The quantitative estimate of drug-likeness (QED) is 0.545. The number of benzene rings is 2. The summed E-state index contributed by atoms with van der Waals surface area (Å²) >= 11 is 0. The number of hydrogen-bond donors (Lipinski definition) is 1. The Morgan fingerprint density at radius 1 is 1.14 bits per heavy atom. The normalized spacial score (nSPS) is 30.0. The second-order valence-electron chi connectivity index (χ2n) is 8.71. The topological polar surface area (TPSA) is 55.8 Å². The second kappa shape index (κ2) is 6.66. The van der Waals surface area contributed by atoms with Crippen molar-refractivity contribution in [1.82, 2.24) is 0 Å². The van der Waals surface area contributed by atoms with Gasteiger partial charge in [0.1, 0.15) is 0 Å². The van der Waals surface area contributed by atoms with Crippen molar-refractivity contribution in [2.24, 2.45) is 5.41 Å². The second-order valence-corrected chi connectivity index (χ2v) is 12.7. The third-order valence-electron chi connectivity index (χ3n) is 7.40. The van der Waals surface area contributed by atoms with E-state index in [2.05, 4.69) is 54.6 Å². The average molecular weight is 398 g/mol. The van der Waals surface area contributed by atoms with Gasteiger partial charge in [0, 0.05) is 0 Å². The molecule has 148 valence electrons. The first-order chi connectivity index (χ1) is 13.6. The van der Waals surface area contributed by atoms with E-state index in [9.17, 15) is 4.79 Å². The van der Waals surface area contributed by atoms with Gasteiger partial charge in [-0.3, -0.25) is 0 Å². The van der Waals surface area contributed by atoms with Crippen LogP contribution in [0.2, 0.25) is 0 Å². The molecule has 1 saturated carbocycles. The van der Waals surface area contributed by atoms with Gasteiger partial charge in [0.25, 0.3) is 0 Å². The van der Waals surface area contributed by atoms with Crippen molar-refractivity contribution in [1.29, 1.82) is 0 Å². The summed E-state index contributed by atoms with van der Waals surface area (Å²) in [5.41, 5.74) is 2.94. The van der Waals surface area contributed by atoms with E-state index in [1.165, 1.54) is 35.4 Å². The van der Waals surface area contributed by atoms with E-state index in [-0.39, 0.29) is 12.0 Å². The van der Waals surface area contributed by atoms with Gasteiger partial charge >= 0.3 is 166 Å². The van der Waals surface area contributed by atoms with Crippen molar-refractivity contribution in [3.05, 3.63) is 65.7 Å². The number of carbonyl (C=O) groups is 1. The van der Waals surface area contributed by atoms with Gasteiger partial charge in [0.05, 0.1) is 0 Å². The number of carboxylic acid groups (broad SMARTS) is 1. The number of aliphatic carboxylic acids is 1. The standard InChI is InChI=1S/C23H27O4P/c24-21(25)15-26-11-9-22-16-23(22)10-12-28(23,27-17-22)20-8-4-7-19(14-20)13-18-5-2-1-3-6-18/h1-8,14,28H,9-13,15-17H2,(H,24,25). The van der Waals surface area contributed by atoms with Gasteiger partial charge in [-0.2, -0.15) is 0 Å². The fourth-order valence-corrected chi connectivity index (χ4v) is 11.6. The molecule has 5 rings (SSSR count). The summed E-state index contributed by atoms with van der Waals surface area (Å²) in [6, 6.07) is 19.7. The van der Waals surface area contributed by atoms with Gasteiger partial charge in [-0.25, -0.2) is 0 Å². The van der Waals surface area contributed by atoms with Gasteiger partial charge in [0.15, 0.2) is 0 Å². The van der Waals surface area contributed by atoms with E-state index in [1.54, 1.807) is 0 Å². The van der Waals surface area contributed by atoms with Crippen LogP contribution in [0.5, 0.6) is 0 Å². The first kappa shape index (κ1) is 18.3. The Kier molecular flexibility index (Phi) is 4.35. The molecule has 4 nitrogen and oxygen atoms in total. The molecule has 2 saturated heterocycles. The molecule has 2 aliphatic heterocycles. The Bertz CT molecular complexity index is 896. The molecule has 1 N–H and O–H groups in total. The number of hydrogen-bond acceptors (Lipinski definition) is 3. The van der Waals surface area contributed by atoms with Crippen LogP contribution in [0, 0.1) is 5.41 Å². The first-order valence-corrected chi connectivity index (χ1v) is 12.3. The summed E-state index contributed by atoms with van der Waals surface area (Å²) in [7, 11) is -1.91. The zero-order valence-corrected chi connectivity index (χ0v) is 17.0. The molecular formula is C23H27O4P. The third kappa shape index (κ3) is 2.66. The monoisotopic (exact) mass is 398 g/mol. The molecule has 0 aromatic heterocycles. The molecular weight excluding hydrogens is 371 g/mol. The number of carboxylic acids is 1. The van der Waals surface area contributed by atoms with Crippen LogP contribution in [0.25, 0.3) is 0 Å². The maximum atomic E-state index is 10.7. The van der Waals surface area contributed by atoms with Crippen LogP contribution in [0.4, 0.5) is 0 Å². The third-order valence-corrected chi connectivity index (χ3v) is 12.7. The molecule has 0 radical (unpaired) electrons. The van der Waals surface area contributed by atoms with E-state index >= 15 is 0 Å². The Labute approximate surface area is 166 Å². The molecule has 3 aliphatic rings. The zero-order valence-electron chi connectivity index (χ0n) is 16.0. The summed E-state index contributed by atoms with van der Waals surface area (Å²) in [6.07, 6.45) is 5.62. The Balaban J connectivity index is 1.32. The summed E-state index contributed by atoms with van der Waals surface area (Å²) in [5, 5.41) is 10.6. The van der Waals surface area contributed by atoms with E-state index < -0.39 is 13.5 Å². The van der Waals surface area contributed by atoms with Gasteiger partial charge < -0.3 is 0 Å². The summed E-state index contributed by atoms with van der Waals surface area (Å²) in [4.78, 5) is 10.7. The molecule has 1 spiro atoms. The van der Waals surface area contributed by atoms with Crippen molar-refractivity contribution in [3.8, 4) is 0 Å². The molecule has 2 aromatic rings. The van der Waals surface area contributed by atoms with Gasteiger partial charge in [-0.05, 0) is 0 Å². The fraction of sp³-hybridized carbons (Fsp3) is 0.435. The molecule has 1 aliphatic carbocycles. The predicted octanol–water partition coefficient (Wildman–Crippen LogP) is 3.62. The van der Waals surface area contributed by atoms with Crippen molar-refractivity contribution in [2.75, 3.05) is 26.0 Å². The number of rotatable bonds is 8. The maximum absolute atomic E-state index is 10.7. The molecule has 2 heterocycles. The van der Waals surface area contributed by atoms with Crippen LogP contribution in [0.1, 0.15) is 30.4 Å². The van der Waals surface area contributed by atoms with E-state index in [4.69, 9.17) is 14.4 Å². The van der Waals surface area contributed by atoms with Crippen molar-refractivity contribution in [2.45, 2.75) is 30.8 Å². The Hall–Kier alpha value is -1.74. The molecule has 28 heavy (non-hydrogen) atoms. The zero-order chi connectivity index (χ0) is 19.2. The summed E-state index contributed by atoms with van der Waals surface area (Å²) < 4.78 is 12.0. The van der Waals surface area contributed by atoms with Crippen LogP contribution in [0.3, 0.4) is 0 Å². The first-order valence-electron chi connectivity index (χ1n) is 10.2. The molecule has 0 bridgehead atoms. The van der Waals surface area contributed by atoms with Crippen LogP contribution < -0.4 is 5.30 Å². The van der Waals surface area contributed by atoms with Crippen LogP contribution in [-0.2, 0) is 20.5 Å². The molecule has 2 atom stereocenters. The Morgan fingerprint density at radius 3 is 2.71 bits per heavy atom. The minimum atomic E-state index is -1.91. The van der Waals surface area contributed by atoms with Crippen molar-refractivity contribution >= 4 is 18.8 Å². The summed E-state index contributed by atoms with van der Waals surface area (Å²) in [5.74, 6) is -0.895. The van der Waals surface area contributed by atoms with E-state index in [0.717, 1.165) is 19.4 Å². The van der Waals surface area contributed by atoms with Gasteiger partial charge in [-0.15, -0.1) is 0 Å². The van der Waals surface area contributed by atoms with Gasteiger partial charge in [0.2, 0.25) is 0 Å². The van der Waals surface area contributed by atoms with Crippen molar-refractivity contribution < 1.29 is 19.2 Å². The predicted molar refractivity (Wildman–Crippen MR) is 112 cm³/mol. The SMILES string of the molecule is O=C(O)COCCC12CO[PH]3(c4cccc(Cc5ccccc5)c4)CCC13C2. The van der Waals surface area contributed by atoms with Gasteiger partial charge in [-0.1, -0.05) is 0 Å². The molecule has 2 aromatic carbocycles. The fourth-order valence-electron chi connectivity index (χ4n) is 5.87. The van der Waals surface area contributed by atoms with Crippen molar-refractivity contribution in [3.63, 3.8) is 0 Å². The number of ether oxygens (including phenoxy) is 1. The average Bonchev–Trinajstić information content (AvgIpc) is 3.33.